The summed E-state index contributed by atoms with van der Waals surface area (Å²) in [5, 5.41) is 0. The van der Waals surface area contributed by atoms with E-state index >= 15 is 0 Å². The molecular weight excluding hydrogens is 368 g/mol. The van der Waals surface area contributed by atoms with Crippen LogP contribution in [0, 0.1) is 27.7 Å². The first-order valence-corrected chi connectivity index (χ1v) is 9.36. The van der Waals surface area contributed by atoms with Gasteiger partial charge in [0.05, 0.1) is 11.3 Å². The summed E-state index contributed by atoms with van der Waals surface area (Å²) in [6.07, 6.45) is 0. The third-order valence-corrected chi connectivity index (χ3v) is 5.04. The topological polar surface area (TPSA) is 81.2 Å². The van der Waals surface area contributed by atoms with Gasteiger partial charge in [-0.15, -0.1) is 0 Å². The largest absolute Gasteiger partial charge is 0.454 e. The zero-order valence-electron chi connectivity index (χ0n) is 17.3. The molecule has 0 aliphatic heterocycles. The van der Waals surface area contributed by atoms with E-state index in [1.165, 1.54) is 6.92 Å². The average Bonchev–Trinajstić information content (AvgIpc) is 3.17. The Morgan fingerprint density at radius 3 is 2.03 bits per heavy atom. The molecule has 0 aliphatic rings. The maximum absolute atomic E-state index is 12.5. The number of aryl methyl sites for hydroxylation is 3. The van der Waals surface area contributed by atoms with Crippen molar-refractivity contribution in [3.05, 3.63) is 75.9 Å². The molecule has 3 rings (SSSR count). The summed E-state index contributed by atoms with van der Waals surface area (Å²) in [5.74, 6) is -1.05. The molecule has 0 spiro atoms. The van der Waals surface area contributed by atoms with Crippen molar-refractivity contribution in [1.29, 1.82) is 0 Å². The van der Waals surface area contributed by atoms with Gasteiger partial charge in [-0.1, -0.05) is 0 Å². The second-order valence-electron chi connectivity index (χ2n) is 7.18. The quantitative estimate of drug-likeness (QED) is 0.501. The molecule has 6 heteroatoms. The number of ketones is 2. The normalized spacial score (nSPS) is 10.8. The molecule has 0 radical (unpaired) electrons. The predicted octanol–water partition coefficient (Wildman–Crippen LogP) is 4.28. The number of nitrogens with one attached hydrogen (secondary N) is 1. The molecule has 0 fully saturated rings. The number of aromatic nitrogens is 2. The van der Waals surface area contributed by atoms with E-state index in [4.69, 9.17) is 4.74 Å². The number of H-pyrrole nitrogens is 1. The number of esters is 1. The average molecular weight is 392 g/mol. The van der Waals surface area contributed by atoms with E-state index in [0.29, 0.717) is 28.1 Å². The van der Waals surface area contributed by atoms with Crippen LogP contribution in [-0.2, 0) is 4.74 Å². The fourth-order valence-corrected chi connectivity index (χ4v) is 3.67. The zero-order chi connectivity index (χ0) is 21.3. The minimum Gasteiger partial charge on any atom is -0.454 e. The molecule has 2 heterocycles. The number of rotatable bonds is 6. The van der Waals surface area contributed by atoms with Crippen LogP contribution >= 0.6 is 0 Å². The standard InChI is InChI=1S/C23H24N2O4/c1-13-6-7-14(2)25(13)19-10-8-18(9-11-19)23(28)29-12-20(27)22-15(3)21(17(5)26)16(4)24-22/h6-11,24H,12H2,1-5H3. The summed E-state index contributed by atoms with van der Waals surface area (Å²) in [7, 11) is 0. The Morgan fingerprint density at radius 2 is 1.52 bits per heavy atom. The van der Waals surface area contributed by atoms with Crippen molar-refractivity contribution < 1.29 is 19.1 Å². The highest BCUT2D eigenvalue weighted by molar-refractivity contribution is 6.04. The van der Waals surface area contributed by atoms with E-state index in [2.05, 4.69) is 9.55 Å². The summed E-state index contributed by atoms with van der Waals surface area (Å²) in [5.41, 5.74) is 5.55. The number of Topliss-reactive ketones (excluding diaryl/α,β-unsaturated/α-hetero) is 2. The first-order valence-electron chi connectivity index (χ1n) is 9.36. The van der Waals surface area contributed by atoms with Crippen LogP contribution in [0.1, 0.15) is 60.8 Å². The number of hydrogen-bond donors (Lipinski definition) is 1. The number of hydrogen-bond acceptors (Lipinski definition) is 4. The molecule has 0 aliphatic carbocycles. The van der Waals surface area contributed by atoms with E-state index in [1.807, 2.05) is 38.1 Å². The van der Waals surface area contributed by atoms with Crippen LogP contribution in [0.3, 0.4) is 0 Å². The minimum atomic E-state index is -0.571. The SMILES string of the molecule is CC(=O)c1c(C)[nH]c(C(=O)COC(=O)c2ccc(-n3c(C)ccc3C)cc2)c1C. The van der Waals surface area contributed by atoms with E-state index < -0.39 is 12.6 Å². The first-order chi connectivity index (χ1) is 13.7. The second-order valence-corrected chi connectivity index (χ2v) is 7.18. The Bertz CT molecular complexity index is 1080. The molecule has 0 amide bonds. The van der Waals surface area contributed by atoms with Gasteiger partial charge in [-0.3, -0.25) is 9.59 Å². The molecule has 0 saturated heterocycles. The van der Waals surface area contributed by atoms with Crippen LogP contribution < -0.4 is 0 Å². The Hall–Kier alpha value is -3.41. The molecule has 0 atom stereocenters. The third-order valence-electron chi connectivity index (χ3n) is 5.04. The van der Waals surface area contributed by atoms with Gasteiger partial charge in [0.1, 0.15) is 0 Å². The van der Waals surface area contributed by atoms with Gasteiger partial charge in [-0.25, -0.2) is 4.79 Å². The molecule has 0 saturated carbocycles. The smallest absolute Gasteiger partial charge is 0.338 e. The van der Waals surface area contributed by atoms with Gasteiger partial charge in [-0.05, 0) is 76.6 Å². The van der Waals surface area contributed by atoms with Crippen LogP contribution in [0.25, 0.3) is 5.69 Å². The minimum absolute atomic E-state index is 0.111. The summed E-state index contributed by atoms with van der Waals surface area (Å²) in [4.78, 5) is 39.4. The Labute approximate surface area is 169 Å². The van der Waals surface area contributed by atoms with Gasteiger partial charge in [0.2, 0.25) is 5.78 Å². The van der Waals surface area contributed by atoms with Crippen LogP contribution in [0.4, 0.5) is 0 Å². The summed E-state index contributed by atoms with van der Waals surface area (Å²) >= 11 is 0. The molecule has 29 heavy (non-hydrogen) atoms. The maximum Gasteiger partial charge on any atom is 0.338 e. The third kappa shape index (κ3) is 3.92. The highest BCUT2D eigenvalue weighted by Crippen LogP contribution is 2.20. The predicted molar refractivity (Wildman–Crippen MR) is 110 cm³/mol. The lowest BCUT2D eigenvalue weighted by molar-refractivity contribution is 0.0473. The Kier molecular flexibility index (Phi) is 5.55. The van der Waals surface area contributed by atoms with Crippen LogP contribution in [0.15, 0.2) is 36.4 Å². The second kappa shape index (κ2) is 7.91. The summed E-state index contributed by atoms with van der Waals surface area (Å²) in [6.45, 7) is 8.54. The van der Waals surface area contributed by atoms with Gasteiger partial charge in [0, 0.05) is 28.3 Å². The van der Waals surface area contributed by atoms with E-state index in [1.54, 1.807) is 26.0 Å². The van der Waals surface area contributed by atoms with Crippen molar-refractivity contribution in [2.75, 3.05) is 6.61 Å². The maximum atomic E-state index is 12.5. The molecule has 3 aromatic rings. The number of nitrogens with zero attached hydrogens (tertiary/aromatic N) is 1. The van der Waals surface area contributed by atoms with Crippen molar-refractivity contribution >= 4 is 17.5 Å². The van der Waals surface area contributed by atoms with Gasteiger partial charge < -0.3 is 14.3 Å². The number of ether oxygens (including phenoxy) is 1. The van der Waals surface area contributed by atoms with Gasteiger partial charge in [0.25, 0.3) is 0 Å². The molecule has 6 nitrogen and oxygen atoms in total. The van der Waals surface area contributed by atoms with Gasteiger partial charge >= 0.3 is 5.97 Å². The fraction of sp³-hybridized carbons (Fsp3) is 0.261. The number of carbonyl (C=O) groups is 3. The summed E-state index contributed by atoms with van der Waals surface area (Å²) in [6, 6.07) is 11.1. The number of carbonyl (C=O) groups excluding carboxylic acids is 3. The Balaban J connectivity index is 1.69. The van der Waals surface area contributed by atoms with E-state index in [9.17, 15) is 14.4 Å². The molecule has 1 N–H and O–H groups in total. The molecule has 0 bridgehead atoms. The number of benzene rings is 1. The van der Waals surface area contributed by atoms with Gasteiger partial charge in [-0.2, -0.15) is 0 Å². The highest BCUT2D eigenvalue weighted by atomic mass is 16.5. The summed E-state index contributed by atoms with van der Waals surface area (Å²) < 4.78 is 7.27. The number of aromatic amines is 1. The van der Waals surface area contributed by atoms with Crippen molar-refractivity contribution in [3.63, 3.8) is 0 Å². The lowest BCUT2D eigenvalue weighted by Crippen LogP contribution is -2.15. The van der Waals surface area contributed by atoms with Crippen LogP contribution in [0.5, 0.6) is 0 Å². The van der Waals surface area contributed by atoms with Gasteiger partial charge in [0.15, 0.2) is 12.4 Å². The highest BCUT2D eigenvalue weighted by Gasteiger charge is 2.21. The van der Waals surface area contributed by atoms with Crippen molar-refractivity contribution in [3.8, 4) is 5.69 Å². The van der Waals surface area contributed by atoms with Crippen molar-refractivity contribution in [2.45, 2.75) is 34.6 Å². The molecule has 0 unspecified atom stereocenters. The van der Waals surface area contributed by atoms with Crippen LogP contribution in [-0.4, -0.2) is 33.7 Å². The molecule has 2 aromatic heterocycles. The first kappa shape index (κ1) is 20.3. The Morgan fingerprint density at radius 1 is 0.931 bits per heavy atom. The van der Waals surface area contributed by atoms with Crippen LogP contribution in [0.2, 0.25) is 0 Å². The molecule has 150 valence electrons. The van der Waals surface area contributed by atoms with E-state index in [0.717, 1.165) is 17.1 Å². The lowest BCUT2D eigenvalue weighted by atomic mass is 10.1. The van der Waals surface area contributed by atoms with Crippen molar-refractivity contribution in [2.24, 2.45) is 0 Å². The fourth-order valence-electron chi connectivity index (χ4n) is 3.67. The zero-order valence-corrected chi connectivity index (χ0v) is 17.3. The lowest BCUT2D eigenvalue weighted by Gasteiger charge is -2.10. The monoisotopic (exact) mass is 392 g/mol. The van der Waals surface area contributed by atoms with Crippen molar-refractivity contribution in [1.82, 2.24) is 9.55 Å². The molecule has 1 aromatic carbocycles. The van der Waals surface area contributed by atoms with E-state index in [-0.39, 0.29) is 11.6 Å². The molecular formula is C23H24N2O4.